The molecule has 4 aliphatic heterocycles. The molecule has 0 amide bonds. The molecule has 0 aromatic rings. The van der Waals surface area contributed by atoms with Crippen molar-refractivity contribution in [2.75, 3.05) is 50.8 Å². The second-order valence-corrected chi connectivity index (χ2v) is 10.4. The third-order valence-corrected chi connectivity index (χ3v) is 8.77. The second kappa shape index (κ2) is 7.75. The largest absolute Gasteiger partial charge is 0.374 e. The number of fused-ring (bicyclic) bond motifs is 5. The van der Waals surface area contributed by atoms with E-state index in [4.69, 9.17) is 9.73 Å². The van der Waals surface area contributed by atoms with Gasteiger partial charge in [-0.3, -0.25) is 9.89 Å². The summed E-state index contributed by atoms with van der Waals surface area (Å²) in [7, 11) is 0. The first-order valence-corrected chi connectivity index (χ1v) is 12.5. The van der Waals surface area contributed by atoms with E-state index < -0.39 is 0 Å². The van der Waals surface area contributed by atoms with Crippen molar-refractivity contribution < 1.29 is 4.74 Å². The van der Waals surface area contributed by atoms with Gasteiger partial charge in [0.1, 0.15) is 0 Å². The number of nitrogens with one attached hydrogen (secondary N) is 1. The number of nitrogens with zero attached hydrogens (tertiary/aromatic N) is 3. The Labute approximate surface area is 168 Å². The van der Waals surface area contributed by atoms with Crippen LogP contribution in [0.5, 0.6) is 0 Å². The van der Waals surface area contributed by atoms with Crippen molar-refractivity contribution in [3.8, 4) is 0 Å². The molecule has 0 aromatic carbocycles. The van der Waals surface area contributed by atoms with Crippen LogP contribution in [0.2, 0.25) is 0 Å². The number of rotatable bonds is 4. The van der Waals surface area contributed by atoms with Gasteiger partial charge in [-0.15, -0.1) is 0 Å². The molecule has 5 rings (SSSR count). The van der Waals surface area contributed by atoms with Crippen LogP contribution in [0.4, 0.5) is 0 Å². The van der Waals surface area contributed by atoms with Gasteiger partial charge in [0.2, 0.25) is 0 Å². The minimum absolute atomic E-state index is 0.333. The number of aliphatic imine (C=N–C) groups is 1. The zero-order valence-corrected chi connectivity index (χ0v) is 17.7. The highest BCUT2D eigenvalue weighted by Crippen LogP contribution is 2.47. The molecule has 5 nitrogen and oxygen atoms in total. The van der Waals surface area contributed by atoms with Crippen LogP contribution in [0.3, 0.4) is 0 Å². The SMILES string of the molecule is CCNC(=NCC1(N2CCSCC2)CCCC1)N1CC2C3CCC(O3)C2C1. The topological polar surface area (TPSA) is 40.1 Å². The Hall–Kier alpha value is -0.460. The lowest BCUT2D eigenvalue weighted by atomic mass is 9.82. The van der Waals surface area contributed by atoms with E-state index in [1.165, 1.54) is 69.1 Å². The lowest BCUT2D eigenvalue weighted by Crippen LogP contribution is -2.53. The lowest BCUT2D eigenvalue weighted by Gasteiger charge is -2.42. The highest BCUT2D eigenvalue weighted by molar-refractivity contribution is 7.99. The van der Waals surface area contributed by atoms with Gasteiger partial charge in [-0.2, -0.15) is 11.8 Å². The smallest absolute Gasteiger partial charge is 0.194 e. The van der Waals surface area contributed by atoms with Crippen LogP contribution < -0.4 is 5.32 Å². The van der Waals surface area contributed by atoms with Crippen molar-refractivity contribution in [1.82, 2.24) is 15.1 Å². The average molecular weight is 393 g/mol. The molecule has 5 aliphatic rings. The molecule has 0 radical (unpaired) electrons. The Balaban J connectivity index is 1.30. The minimum Gasteiger partial charge on any atom is -0.374 e. The van der Waals surface area contributed by atoms with E-state index in [-0.39, 0.29) is 0 Å². The molecular weight excluding hydrogens is 356 g/mol. The predicted molar refractivity (Wildman–Crippen MR) is 113 cm³/mol. The van der Waals surface area contributed by atoms with E-state index >= 15 is 0 Å². The summed E-state index contributed by atoms with van der Waals surface area (Å²) in [5.41, 5.74) is 0.333. The van der Waals surface area contributed by atoms with Gasteiger partial charge in [0.15, 0.2) is 5.96 Å². The third kappa shape index (κ3) is 3.40. The van der Waals surface area contributed by atoms with Crippen molar-refractivity contribution in [3.05, 3.63) is 0 Å². The fraction of sp³-hybridized carbons (Fsp3) is 0.952. The van der Waals surface area contributed by atoms with Gasteiger partial charge in [0.25, 0.3) is 0 Å². The quantitative estimate of drug-likeness (QED) is 0.588. The van der Waals surface area contributed by atoms with Gasteiger partial charge < -0.3 is 15.0 Å². The molecular formula is C21H36N4OS. The summed E-state index contributed by atoms with van der Waals surface area (Å²) < 4.78 is 6.17. The standard InChI is InChI=1S/C21H36N4OS/c1-2-22-20(24-13-16-17(14-24)19-6-5-18(16)26-19)23-15-21(7-3-4-8-21)25-9-11-27-12-10-25/h16-19H,2-15H2,1H3,(H,22,23). The zero-order chi connectivity index (χ0) is 18.3. The Morgan fingerprint density at radius 3 is 2.41 bits per heavy atom. The highest BCUT2D eigenvalue weighted by atomic mass is 32.2. The lowest BCUT2D eigenvalue weighted by molar-refractivity contribution is 0.0765. The molecule has 4 saturated heterocycles. The van der Waals surface area contributed by atoms with E-state index in [0.717, 1.165) is 38.0 Å². The summed E-state index contributed by atoms with van der Waals surface area (Å²) in [4.78, 5) is 10.6. The molecule has 152 valence electrons. The van der Waals surface area contributed by atoms with E-state index in [9.17, 15) is 0 Å². The Morgan fingerprint density at radius 1 is 1.11 bits per heavy atom. The highest BCUT2D eigenvalue weighted by Gasteiger charge is 2.53. The van der Waals surface area contributed by atoms with Crippen LogP contribution in [0.15, 0.2) is 4.99 Å². The van der Waals surface area contributed by atoms with Crippen LogP contribution in [0, 0.1) is 11.8 Å². The molecule has 1 saturated carbocycles. The Morgan fingerprint density at radius 2 is 1.78 bits per heavy atom. The van der Waals surface area contributed by atoms with Gasteiger partial charge in [0, 0.05) is 61.6 Å². The molecule has 4 atom stereocenters. The maximum atomic E-state index is 6.17. The van der Waals surface area contributed by atoms with Crippen molar-refractivity contribution in [2.24, 2.45) is 16.8 Å². The van der Waals surface area contributed by atoms with Crippen LogP contribution >= 0.6 is 11.8 Å². The molecule has 4 unspecified atom stereocenters. The number of guanidine groups is 1. The van der Waals surface area contributed by atoms with E-state index in [0.29, 0.717) is 17.7 Å². The van der Waals surface area contributed by atoms with Gasteiger partial charge in [-0.25, -0.2) is 0 Å². The fourth-order valence-corrected chi connectivity index (χ4v) is 7.33. The first-order chi connectivity index (χ1) is 13.3. The molecule has 0 spiro atoms. The number of hydrogen-bond donors (Lipinski definition) is 1. The second-order valence-electron chi connectivity index (χ2n) is 9.22. The van der Waals surface area contributed by atoms with Gasteiger partial charge in [0.05, 0.1) is 18.8 Å². The Bertz CT molecular complexity index is 540. The van der Waals surface area contributed by atoms with Crippen molar-refractivity contribution >= 4 is 17.7 Å². The number of thioether (sulfide) groups is 1. The van der Waals surface area contributed by atoms with E-state index in [1.807, 2.05) is 0 Å². The first kappa shape index (κ1) is 18.6. The molecule has 1 N–H and O–H groups in total. The molecule has 5 fully saturated rings. The van der Waals surface area contributed by atoms with Crippen LogP contribution in [-0.4, -0.2) is 84.3 Å². The van der Waals surface area contributed by atoms with Gasteiger partial charge in [-0.05, 0) is 32.6 Å². The van der Waals surface area contributed by atoms with Crippen LogP contribution in [-0.2, 0) is 4.74 Å². The van der Waals surface area contributed by atoms with Crippen LogP contribution in [0.25, 0.3) is 0 Å². The Kier molecular flexibility index (Phi) is 5.33. The molecule has 1 aliphatic carbocycles. The minimum atomic E-state index is 0.333. The van der Waals surface area contributed by atoms with Crippen molar-refractivity contribution in [1.29, 1.82) is 0 Å². The van der Waals surface area contributed by atoms with Crippen molar-refractivity contribution in [3.63, 3.8) is 0 Å². The molecule has 2 bridgehead atoms. The molecule has 6 heteroatoms. The van der Waals surface area contributed by atoms with E-state index in [2.05, 4.69) is 33.8 Å². The van der Waals surface area contributed by atoms with E-state index in [1.54, 1.807) is 0 Å². The molecule has 27 heavy (non-hydrogen) atoms. The number of likely N-dealkylation sites (tertiary alicyclic amines) is 1. The predicted octanol–water partition coefficient (Wildman–Crippen LogP) is 2.42. The van der Waals surface area contributed by atoms with Crippen molar-refractivity contribution in [2.45, 2.75) is 63.2 Å². The zero-order valence-electron chi connectivity index (χ0n) is 16.9. The maximum Gasteiger partial charge on any atom is 0.194 e. The fourth-order valence-electron chi connectivity index (χ4n) is 6.43. The number of ether oxygens (including phenoxy) is 1. The third-order valence-electron chi connectivity index (χ3n) is 7.83. The summed E-state index contributed by atoms with van der Waals surface area (Å²) >= 11 is 2.11. The summed E-state index contributed by atoms with van der Waals surface area (Å²) in [6, 6.07) is 0. The molecule has 4 heterocycles. The van der Waals surface area contributed by atoms with Gasteiger partial charge in [-0.1, -0.05) is 12.8 Å². The maximum absolute atomic E-state index is 6.17. The summed E-state index contributed by atoms with van der Waals surface area (Å²) in [6.45, 7) is 8.94. The summed E-state index contributed by atoms with van der Waals surface area (Å²) in [5.74, 6) is 5.25. The summed E-state index contributed by atoms with van der Waals surface area (Å²) in [5, 5.41) is 3.62. The molecule has 0 aromatic heterocycles. The summed E-state index contributed by atoms with van der Waals surface area (Å²) in [6.07, 6.45) is 9.05. The average Bonchev–Trinajstić information content (AvgIpc) is 3.48. The van der Waals surface area contributed by atoms with Crippen LogP contribution in [0.1, 0.15) is 45.4 Å². The van der Waals surface area contributed by atoms with Gasteiger partial charge >= 0.3 is 0 Å². The first-order valence-electron chi connectivity index (χ1n) is 11.3. The number of hydrogen-bond acceptors (Lipinski definition) is 4. The monoisotopic (exact) mass is 392 g/mol. The normalized spacial score (nSPS) is 38.6.